The van der Waals surface area contributed by atoms with Gasteiger partial charge in [0.2, 0.25) is 0 Å². The highest BCUT2D eigenvalue weighted by atomic mass is 79.9. The lowest BCUT2D eigenvalue weighted by Gasteiger charge is -2.31. The number of rotatable bonds is 3. The normalized spacial score (nSPS) is 18.4. The van der Waals surface area contributed by atoms with Crippen molar-refractivity contribution in [3.8, 4) is 0 Å². The molecule has 2 heterocycles. The van der Waals surface area contributed by atoms with E-state index in [9.17, 15) is 0 Å². The molecule has 0 bridgehead atoms. The predicted octanol–water partition coefficient (Wildman–Crippen LogP) is 4.75. The Balaban J connectivity index is 1.74. The molecule has 0 spiro atoms. The van der Waals surface area contributed by atoms with Crippen LogP contribution < -0.4 is 5.73 Å². The number of pyridine rings is 1. The van der Waals surface area contributed by atoms with E-state index in [4.69, 9.17) is 22.3 Å². The predicted molar refractivity (Wildman–Crippen MR) is 124 cm³/mol. The number of piperidine rings is 1. The van der Waals surface area contributed by atoms with Crippen molar-refractivity contribution in [1.82, 2.24) is 9.88 Å². The molecule has 1 aromatic carbocycles. The van der Waals surface area contributed by atoms with E-state index in [2.05, 4.69) is 51.7 Å². The van der Waals surface area contributed by atoms with Gasteiger partial charge in [0.15, 0.2) is 0 Å². The summed E-state index contributed by atoms with van der Waals surface area (Å²) in [4.78, 5) is 7.31. The topological polar surface area (TPSA) is 42.1 Å². The lowest BCUT2D eigenvalue weighted by atomic mass is 9.88. The standard InChI is InChI=1S/C22H25BrClN3S/c23-17-9-16-2-1-15-10-18(24)3-4-20(15)21(22(16)26-11-17)14-5-7-27(8-6-14)12-19(25)13-28/h3-4,9-11,19,28H,1-2,5-8,12-13,25H2/t19-/m1/s1. The Morgan fingerprint density at radius 2 is 1.89 bits per heavy atom. The summed E-state index contributed by atoms with van der Waals surface area (Å²) in [5.74, 6) is 0.727. The molecule has 1 saturated heterocycles. The van der Waals surface area contributed by atoms with E-state index in [1.807, 2.05) is 12.3 Å². The van der Waals surface area contributed by atoms with Crippen LogP contribution in [0.15, 0.2) is 40.5 Å². The lowest BCUT2D eigenvalue weighted by Crippen LogP contribution is -2.41. The number of benzene rings is 1. The van der Waals surface area contributed by atoms with E-state index in [1.165, 1.54) is 27.8 Å². The maximum atomic E-state index is 6.32. The smallest absolute Gasteiger partial charge is 0.0740 e. The number of halogens is 2. The van der Waals surface area contributed by atoms with Crippen LogP contribution in [-0.2, 0) is 12.8 Å². The third kappa shape index (κ3) is 4.34. The molecule has 4 rings (SSSR count). The first-order valence-electron chi connectivity index (χ1n) is 9.79. The van der Waals surface area contributed by atoms with Crippen LogP contribution in [0.25, 0.3) is 5.57 Å². The highest BCUT2D eigenvalue weighted by Gasteiger charge is 2.25. The summed E-state index contributed by atoms with van der Waals surface area (Å²) < 4.78 is 1.04. The number of hydrogen-bond donors (Lipinski definition) is 2. The van der Waals surface area contributed by atoms with Crippen LogP contribution in [-0.4, -0.2) is 41.3 Å². The van der Waals surface area contributed by atoms with E-state index >= 15 is 0 Å². The number of aryl methyl sites for hydroxylation is 2. The number of likely N-dealkylation sites (tertiary alicyclic amines) is 1. The highest BCUT2D eigenvalue weighted by molar-refractivity contribution is 9.10. The Labute approximate surface area is 185 Å². The van der Waals surface area contributed by atoms with Gasteiger partial charge in [-0.15, -0.1) is 0 Å². The summed E-state index contributed by atoms with van der Waals surface area (Å²) in [6.45, 7) is 2.99. The first-order valence-corrected chi connectivity index (χ1v) is 11.6. The van der Waals surface area contributed by atoms with Gasteiger partial charge in [0.25, 0.3) is 0 Å². The lowest BCUT2D eigenvalue weighted by molar-refractivity contribution is 0.246. The third-order valence-electron chi connectivity index (χ3n) is 5.71. The van der Waals surface area contributed by atoms with E-state index < -0.39 is 0 Å². The van der Waals surface area contributed by atoms with Crippen molar-refractivity contribution in [2.24, 2.45) is 5.73 Å². The summed E-state index contributed by atoms with van der Waals surface area (Å²) in [7, 11) is 0. The van der Waals surface area contributed by atoms with Gasteiger partial charge in [-0.2, -0.15) is 12.6 Å². The van der Waals surface area contributed by atoms with Crippen molar-refractivity contribution in [2.75, 3.05) is 25.4 Å². The summed E-state index contributed by atoms with van der Waals surface area (Å²) in [5.41, 5.74) is 14.0. The molecule has 0 saturated carbocycles. The van der Waals surface area contributed by atoms with Gasteiger partial charge in [-0.05, 0) is 76.5 Å². The zero-order valence-corrected chi connectivity index (χ0v) is 19.0. The number of thiol groups is 1. The van der Waals surface area contributed by atoms with Gasteiger partial charge in [-0.1, -0.05) is 23.2 Å². The molecule has 1 aliphatic carbocycles. The molecule has 2 aromatic rings. The van der Waals surface area contributed by atoms with Crippen molar-refractivity contribution < 1.29 is 0 Å². The minimum Gasteiger partial charge on any atom is -0.326 e. The second-order valence-corrected chi connectivity index (χ2v) is 9.40. The fourth-order valence-electron chi connectivity index (χ4n) is 4.31. The fourth-order valence-corrected chi connectivity index (χ4v) is 5.00. The molecule has 2 aliphatic rings. The van der Waals surface area contributed by atoms with Gasteiger partial charge in [0, 0.05) is 52.7 Å². The van der Waals surface area contributed by atoms with Gasteiger partial charge in [-0.3, -0.25) is 4.98 Å². The SMILES string of the molecule is N[C@@H](CS)CN1CCC(=C2c3ccc(Cl)cc3CCc3cc(Br)cnc32)CC1. The molecular formula is C22H25BrClN3S. The summed E-state index contributed by atoms with van der Waals surface area (Å²) in [5, 5.41) is 0.804. The average molecular weight is 479 g/mol. The fraction of sp³-hybridized carbons (Fsp3) is 0.409. The van der Waals surface area contributed by atoms with Crippen molar-refractivity contribution in [1.29, 1.82) is 0 Å². The van der Waals surface area contributed by atoms with Gasteiger partial charge in [0.1, 0.15) is 0 Å². The molecule has 2 N–H and O–H groups in total. The molecule has 148 valence electrons. The van der Waals surface area contributed by atoms with Crippen molar-refractivity contribution in [3.05, 3.63) is 67.9 Å². The Morgan fingerprint density at radius 1 is 1.14 bits per heavy atom. The van der Waals surface area contributed by atoms with Crippen LogP contribution in [0.2, 0.25) is 5.02 Å². The summed E-state index contributed by atoms with van der Waals surface area (Å²) >= 11 is 14.2. The molecule has 0 radical (unpaired) electrons. The minimum atomic E-state index is 0.137. The Kier molecular flexibility index (Phi) is 6.48. The first-order chi connectivity index (χ1) is 13.5. The molecule has 1 aromatic heterocycles. The Hall–Kier alpha value is -0.850. The number of nitrogens with zero attached hydrogens (tertiary/aromatic N) is 2. The highest BCUT2D eigenvalue weighted by Crippen LogP contribution is 2.39. The monoisotopic (exact) mass is 477 g/mol. The van der Waals surface area contributed by atoms with Gasteiger partial charge >= 0.3 is 0 Å². The quantitative estimate of drug-likeness (QED) is 0.626. The summed E-state index contributed by atoms with van der Waals surface area (Å²) in [6.07, 6.45) is 5.98. The van der Waals surface area contributed by atoms with Crippen LogP contribution >= 0.6 is 40.2 Å². The van der Waals surface area contributed by atoms with Crippen LogP contribution in [0.3, 0.4) is 0 Å². The third-order valence-corrected chi connectivity index (χ3v) is 6.85. The molecule has 1 aliphatic heterocycles. The van der Waals surface area contributed by atoms with Crippen molar-refractivity contribution in [3.63, 3.8) is 0 Å². The molecule has 1 fully saturated rings. The maximum absolute atomic E-state index is 6.32. The molecule has 0 unspecified atom stereocenters. The van der Waals surface area contributed by atoms with Gasteiger partial charge in [-0.25, -0.2) is 0 Å². The molecule has 6 heteroatoms. The second kappa shape index (κ2) is 8.88. The van der Waals surface area contributed by atoms with Crippen LogP contribution in [0.1, 0.15) is 35.2 Å². The van der Waals surface area contributed by atoms with E-state index in [0.717, 1.165) is 66.3 Å². The van der Waals surface area contributed by atoms with Gasteiger partial charge < -0.3 is 10.6 Å². The van der Waals surface area contributed by atoms with E-state index in [-0.39, 0.29) is 6.04 Å². The van der Waals surface area contributed by atoms with Crippen LogP contribution in [0.5, 0.6) is 0 Å². The number of fused-ring (bicyclic) bond motifs is 2. The minimum absolute atomic E-state index is 0.137. The van der Waals surface area contributed by atoms with Gasteiger partial charge in [0.05, 0.1) is 5.69 Å². The maximum Gasteiger partial charge on any atom is 0.0740 e. The Bertz CT molecular complexity index is 849. The molecule has 3 nitrogen and oxygen atoms in total. The Morgan fingerprint density at radius 3 is 2.64 bits per heavy atom. The first kappa shape index (κ1) is 20.4. The van der Waals surface area contributed by atoms with Crippen molar-refractivity contribution >= 4 is 45.7 Å². The zero-order chi connectivity index (χ0) is 19.7. The molecule has 1 atom stereocenters. The second-order valence-electron chi connectivity index (χ2n) is 7.68. The molecular weight excluding hydrogens is 454 g/mol. The summed E-state index contributed by atoms with van der Waals surface area (Å²) in [6, 6.07) is 8.67. The molecule has 0 amide bonds. The number of aromatic nitrogens is 1. The van der Waals surface area contributed by atoms with E-state index in [1.54, 1.807) is 0 Å². The van der Waals surface area contributed by atoms with Crippen LogP contribution in [0.4, 0.5) is 0 Å². The zero-order valence-electron chi connectivity index (χ0n) is 15.8. The number of hydrogen-bond acceptors (Lipinski definition) is 4. The average Bonchev–Trinajstić information content (AvgIpc) is 2.85. The van der Waals surface area contributed by atoms with Crippen molar-refractivity contribution in [2.45, 2.75) is 31.7 Å². The molecule has 28 heavy (non-hydrogen) atoms. The largest absolute Gasteiger partial charge is 0.326 e. The number of nitrogens with two attached hydrogens (primary N) is 1. The van der Waals surface area contributed by atoms with Crippen LogP contribution in [0, 0.1) is 0 Å². The van der Waals surface area contributed by atoms with E-state index in [0.29, 0.717) is 0 Å².